The second-order valence-corrected chi connectivity index (χ2v) is 5.71. The van der Waals surface area contributed by atoms with Gasteiger partial charge >= 0.3 is 0 Å². The molecule has 2 rings (SSSR count). The van der Waals surface area contributed by atoms with E-state index in [1.54, 1.807) is 24.3 Å². The van der Waals surface area contributed by atoms with Gasteiger partial charge in [-0.25, -0.2) is 4.39 Å². The van der Waals surface area contributed by atoms with Crippen LogP contribution in [-0.4, -0.2) is 11.0 Å². The Bertz CT molecular complexity index is 647. The fourth-order valence-electron chi connectivity index (χ4n) is 2.07. The number of nitrogens with one attached hydrogen (secondary N) is 1. The molecule has 0 aliphatic carbocycles. The van der Waals surface area contributed by atoms with Crippen molar-refractivity contribution in [1.82, 2.24) is 0 Å². The Labute approximate surface area is 130 Å². The number of nitro benzene ring substituents is 1. The predicted octanol–water partition coefficient (Wildman–Crippen LogP) is 4.54. The van der Waals surface area contributed by atoms with Crippen LogP contribution in [0.4, 0.5) is 15.8 Å². The lowest BCUT2D eigenvalue weighted by atomic mass is 10.1. The van der Waals surface area contributed by atoms with E-state index in [1.807, 2.05) is 6.92 Å². The largest absolute Gasteiger partial charge is 0.377 e. The van der Waals surface area contributed by atoms with Gasteiger partial charge in [-0.2, -0.15) is 0 Å². The van der Waals surface area contributed by atoms with Crippen LogP contribution in [0, 0.1) is 15.9 Å². The quantitative estimate of drug-likeness (QED) is 0.634. The summed E-state index contributed by atoms with van der Waals surface area (Å²) in [5.41, 5.74) is 1.46. The molecule has 0 aliphatic heterocycles. The zero-order chi connectivity index (χ0) is 15.4. The van der Waals surface area contributed by atoms with E-state index in [4.69, 9.17) is 0 Å². The summed E-state index contributed by atoms with van der Waals surface area (Å²) >= 11 is 3.31. The summed E-state index contributed by atoms with van der Waals surface area (Å²) in [6.07, 6.45) is 0.643. The number of nitrogens with zero attached hydrogens (tertiary/aromatic N) is 1. The molecule has 0 spiro atoms. The van der Waals surface area contributed by atoms with Gasteiger partial charge in [0.25, 0.3) is 5.69 Å². The highest BCUT2D eigenvalue weighted by molar-refractivity contribution is 9.10. The number of anilines is 1. The van der Waals surface area contributed by atoms with E-state index in [0.717, 1.165) is 10.0 Å². The van der Waals surface area contributed by atoms with Crippen molar-refractivity contribution in [2.75, 3.05) is 5.32 Å². The standard InChI is InChI=1S/C15H14BrFN2O2/c1-10(8-11-2-5-13(17)6-3-11)18-14-9-12(16)4-7-15(14)19(20)21/h2-7,9-10,18H,8H2,1H3. The molecule has 1 atom stereocenters. The van der Waals surface area contributed by atoms with Crippen LogP contribution in [0.5, 0.6) is 0 Å². The Kier molecular flexibility index (Phi) is 4.90. The fraction of sp³-hybridized carbons (Fsp3) is 0.200. The van der Waals surface area contributed by atoms with Crippen molar-refractivity contribution in [2.45, 2.75) is 19.4 Å². The minimum absolute atomic E-state index is 0.0246. The summed E-state index contributed by atoms with van der Waals surface area (Å²) < 4.78 is 13.6. The monoisotopic (exact) mass is 352 g/mol. The summed E-state index contributed by atoms with van der Waals surface area (Å²) in [5, 5.41) is 14.1. The lowest BCUT2D eigenvalue weighted by Crippen LogP contribution is -2.18. The van der Waals surface area contributed by atoms with Crippen LogP contribution in [0.2, 0.25) is 0 Å². The number of hydrogen-bond acceptors (Lipinski definition) is 3. The zero-order valence-electron chi connectivity index (χ0n) is 11.3. The average molecular weight is 353 g/mol. The molecule has 2 aromatic rings. The summed E-state index contributed by atoms with van der Waals surface area (Å²) in [4.78, 5) is 10.6. The van der Waals surface area contributed by atoms with Crippen LogP contribution in [0.1, 0.15) is 12.5 Å². The van der Waals surface area contributed by atoms with Crippen LogP contribution in [0.15, 0.2) is 46.9 Å². The molecule has 0 heterocycles. The van der Waals surface area contributed by atoms with Crippen molar-refractivity contribution in [3.05, 3.63) is 68.4 Å². The Hall–Kier alpha value is -1.95. The molecule has 0 amide bonds. The number of rotatable bonds is 5. The van der Waals surface area contributed by atoms with Crippen molar-refractivity contribution in [1.29, 1.82) is 0 Å². The molecule has 0 saturated carbocycles. The van der Waals surface area contributed by atoms with Crippen molar-refractivity contribution in [2.24, 2.45) is 0 Å². The average Bonchev–Trinajstić information content (AvgIpc) is 2.41. The van der Waals surface area contributed by atoms with Crippen LogP contribution in [0.3, 0.4) is 0 Å². The van der Waals surface area contributed by atoms with Crippen LogP contribution in [0.25, 0.3) is 0 Å². The second kappa shape index (κ2) is 6.67. The molecule has 0 saturated heterocycles. The van der Waals surface area contributed by atoms with Gasteiger partial charge in [0.1, 0.15) is 11.5 Å². The van der Waals surface area contributed by atoms with E-state index in [2.05, 4.69) is 21.2 Å². The number of benzene rings is 2. The van der Waals surface area contributed by atoms with Crippen molar-refractivity contribution >= 4 is 27.3 Å². The molecule has 0 radical (unpaired) electrons. The van der Waals surface area contributed by atoms with Crippen LogP contribution >= 0.6 is 15.9 Å². The van der Waals surface area contributed by atoms with Gasteiger partial charge < -0.3 is 5.32 Å². The maximum absolute atomic E-state index is 12.9. The highest BCUT2D eigenvalue weighted by Gasteiger charge is 2.15. The van der Waals surface area contributed by atoms with E-state index in [-0.39, 0.29) is 17.5 Å². The molecule has 21 heavy (non-hydrogen) atoms. The topological polar surface area (TPSA) is 55.2 Å². The summed E-state index contributed by atoms with van der Waals surface area (Å²) in [7, 11) is 0. The summed E-state index contributed by atoms with van der Waals surface area (Å²) in [5.74, 6) is -0.276. The zero-order valence-corrected chi connectivity index (χ0v) is 12.9. The number of nitro groups is 1. The number of hydrogen-bond donors (Lipinski definition) is 1. The lowest BCUT2D eigenvalue weighted by molar-refractivity contribution is -0.384. The maximum atomic E-state index is 12.9. The first-order chi connectivity index (χ1) is 9.95. The highest BCUT2D eigenvalue weighted by Crippen LogP contribution is 2.28. The Morgan fingerprint density at radius 2 is 1.95 bits per heavy atom. The van der Waals surface area contributed by atoms with E-state index >= 15 is 0 Å². The Morgan fingerprint density at radius 3 is 2.57 bits per heavy atom. The fourth-order valence-corrected chi connectivity index (χ4v) is 2.43. The minimum Gasteiger partial charge on any atom is -0.377 e. The highest BCUT2D eigenvalue weighted by atomic mass is 79.9. The molecule has 2 aromatic carbocycles. The molecule has 0 fully saturated rings. The molecular formula is C15H14BrFN2O2. The first-order valence-electron chi connectivity index (χ1n) is 6.40. The maximum Gasteiger partial charge on any atom is 0.292 e. The Morgan fingerprint density at radius 1 is 1.29 bits per heavy atom. The third kappa shape index (κ3) is 4.26. The van der Waals surface area contributed by atoms with Crippen LogP contribution < -0.4 is 5.32 Å². The molecule has 4 nitrogen and oxygen atoms in total. The van der Waals surface area contributed by atoms with Gasteiger partial charge in [-0.15, -0.1) is 0 Å². The SMILES string of the molecule is CC(Cc1ccc(F)cc1)Nc1cc(Br)ccc1[N+](=O)[O-]. The van der Waals surface area contributed by atoms with Gasteiger partial charge in [0, 0.05) is 16.6 Å². The van der Waals surface area contributed by atoms with Gasteiger partial charge in [0.05, 0.1) is 4.92 Å². The van der Waals surface area contributed by atoms with E-state index < -0.39 is 4.92 Å². The van der Waals surface area contributed by atoms with Gasteiger partial charge in [0.15, 0.2) is 0 Å². The van der Waals surface area contributed by atoms with Crippen molar-refractivity contribution in [3.8, 4) is 0 Å². The first-order valence-corrected chi connectivity index (χ1v) is 7.20. The van der Waals surface area contributed by atoms with Gasteiger partial charge in [0.2, 0.25) is 0 Å². The third-order valence-corrected chi connectivity index (χ3v) is 3.51. The molecule has 1 N–H and O–H groups in total. The third-order valence-electron chi connectivity index (χ3n) is 3.01. The molecule has 0 bridgehead atoms. The molecule has 1 unspecified atom stereocenters. The smallest absolute Gasteiger partial charge is 0.292 e. The van der Waals surface area contributed by atoms with Gasteiger partial charge in [-0.05, 0) is 43.2 Å². The Balaban J connectivity index is 2.12. The van der Waals surface area contributed by atoms with Crippen LogP contribution in [-0.2, 0) is 6.42 Å². The van der Waals surface area contributed by atoms with Crippen molar-refractivity contribution < 1.29 is 9.31 Å². The molecule has 110 valence electrons. The lowest BCUT2D eigenvalue weighted by Gasteiger charge is -2.15. The minimum atomic E-state index is -0.417. The summed E-state index contributed by atoms with van der Waals surface area (Å²) in [6, 6.07) is 11.0. The molecule has 0 aliphatic rings. The second-order valence-electron chi connectivity index (χ2n) is 4.79. The van der Waals surface area contributed by atoms with Gasteiger partial charge in [-0.1, -0.05) is 28.1 Å². The van der Waals surface area contributed by atoms with Crippen molar-refractivity contribution in [3.63, 3.8) is 0 Å². The molecule has 0 aromatic heterocycles. The van der Waals surface area contributed by atoms with E-state index in [0.29, 0.717) is 12.1 Å². The summed E-state index contributed by atoms with van der Waals surface area (Å²) in [6.45, 7) is 1.92. The van der Waals surface area contributed by atoms with Gasteiger partial charge in [-0.3, -0.25) is 10.1 Å². The molecular weight excluding hydrogens is 339 g/mol. The first kappa shape index (κ1) is 15.4. The normalized spacial score (nSPS) is 12.0. The predicted molar refractivity (Wildman–Crippen MR) is 84.0 cm³/mol. The van der Waals surface area contributed by atoms with E-state index in [1.165, 1.54) is 18.2 Å². The number of halogens is 2. The molecule has 6 heteroatoms. The van der Waals surface area contributed by atoms with E-state index in [9.17, 15) is 14.5 Å².